The van der Waals surface area contributed by atoms with Crippen LogP contribution in [0, 0.1) is 0 Å². The first-order chi connectivity index (χ1) is 8.61. The van der Waals surface area contributed by atoms with Crippen molar-refractivity contribution >= 4 is 16.8 Å². The van der Waals surface area contributed by atoms with Crippen LogP contribution in [0.15, 0.2) is 24.3 Å². The molecule has 1 aromatic heterocycles. The van der Waals surface area contributed by atoms with Gasteiger partial charge in [-0.05, 0) is 18.6 Å². The third kappa shape index (κ3) is 2.59. The summed E-state index contributed by atoms with van der Waals surface area (Å²) in [6, 6.07) is 7.86. The van der Waals surface area contributed by atoms with Gasteiger partial charge in [0.05, 0.1) is 17.5 Å². The van der Waals surface area contributed by atoms with Crippen molar-refractivity contribution in [1.82, 2.24) is 9.55 Å². The van der Waals surface area contributed by atoms with E-state index < -0.39 is 0 Å². The molecule has 0 radical (unpaired) electrons. The average molecular weight is 245 g/mol. The number of aromatic nitrogens is 2. The van der Waals surface area contributed by atoms with Crippen LogP contribution in [-0.4, -0.2) is 21.4 Å². The molecule has 2 aromatic rings. The Hall–Kier alpha value is -1.68. The first-order valence-corrected chi connectivity index (χ1v) is 6.29. The van der Waals surface area contributed by atoms with Gasteiger partial charge < -0.3 is 10.3 Å². The largest absolute Gasteiger partial charge is 0.331 e. The molecule has 0 saturated heterocycles. The summed E-state index contributed by atoms with van der Waals surface area (Å²) in [7, 11) is 1.94. The van der Waals surface area contributed by atoms with Crippen LogP contribution in [0.4, 0.5) is 0 Å². The maximum Gasteiger partial charge on any atom is 0.141 e. The quantitative estimate of drug-likeness (QED) is 0.874. The highest BCUT2D eigenvalue weighted by Crippen LogP contribution is 2.15. The third-order valence-electron chi connectivity index (χ3n) is 3.25. The van der Waals surface area contributed by atoms with Gasteiger partial charge in [0.15, 0.2) is 0 Å². The molecule has 0 amide bonds. The minimum Gasteiger partial charge on any atom is -0.331 e. The van der Waals surface area contributed by atoms with Crippen LogP contribution in [-0.2, 0) is 18.3 Å². The molecule has 1 atom stereocenters. The number of aryl methyl sites for hydroxylation is 1. The first kappa shape index (κ1) is 12.8. The van der Waals surface area contributed by atoms with E-state index in [1.54, 1.807) is 0 Å². The Morgan fingerprint density at radius 3 is 2.83 bits per heavy atom. The Balaban J connectivity index is 2.17. The normalized spacial score (nSPS) is 12.8. The molecule has 0 aliphatic rings. The molecule has 1 unspecified atom stereocenters. The van der Waals surface area contributed by atoms with Crippen LogP contribution in [0.1, 0.15) is 25.6 Å². The van der Waals surface area contributed by atoms with Crippen molar-refractivity contribution in [2.45, 2.75) is 32.2 Å². The van der Waals surface area contributed by atoms with Crippen molar-refractivity contribution in [3.05, 3.63) is 30.1 Å². The molecule has 1 heterocycles. The predicted octanol–water partition coefficient (Wildman–Crippen LogP) is 1.81. The molecule has 0 fully saturated rings. The molecule has 96 valence electrons. The van der Waals surface area contributed by atoms with Gasteiger partial charge in [-0.15, -0.1) is 0 Å². The number of carbonyl (C=O) groups is 1. The standard InChI is InChI=1S/C14H19N3O/c1-3-10(15)8-11(18)9-14-16-12-6-4-5-7-13(12)17(14)2/h4-7,10H,3,8-9,15H2,1-2H3. The van der Waals surface area contributed by atoms with Gasteiger partial charge in [0.2, 0.25) is 0 Å². The molecule has 0 aliphatic heterocycles. The van der Waals surface area contributed by atoms with Crippen LogP contribution in [0.2, 0.25) is 0 Å². The average Bonchev–Trinajstić information content (AvgIpc) is 2.66. The first-order valence-electron chi connectivity index (χ1n) is 6.29. The van der Waals surface area contributed by atoms with Crippen molar-refractivity contribution in [2.24, 2.45) is 12.8 Å². The number of nitrogens with two attached hydrogens (primary N) is 1. The molecular weight excluding hydrogens is 226 g/mol. The number of hydrogen-bond acceptors (Lipinski definition) is 3. The van der Waals surface area contributed by atoms with Crippen molar-refractivity contribution < 1.29 is 4.79 Å². The summed E-state index contributed by atoms with van der Waals surface area (Å²) in [4.78, 5) is 16.4. The highest BCUT2D eigenvalue weighted by atomic mass is 16.1. The number of hydrogen-bond donors (Lipinski definition) is 1. The third-order valence-corrected chi connectivity index (χ3v) is 3.25. The lowest BCUT2D eigenvalue weighted by molar-refractivity contribution is -0.118. The lowest BCUT2D eigenvalue weighted by Gasteiger charge is -2.07. The number of ketones is 1. The van der Waals surface area contributed by atoms with Gasteiger partial charge in [-0.3, -0.25) is 4.79 Å². The SMILES string of the molecule is CCC(N)CC(=O)Cc1nc2ccccc2n1C. The molecule has 4 heteroatoms. The second-order valence-electron chi connectivity index (χ2n) is 4.66. The molecule has 0 spiro atoms. The minimum absolute atomic E-state index is 0.0350. The van der Waals surface area contributed by atoms with E-state index >= 15 is 0 Å². The summed E-state index contributed by atoms with van der Waals surface area (Å²) >= 11 is 0. The molecule has 2 N–H and O–H groups in total. The second kappa shape index (κ2) is 5.31. The Bertz CT molecular complexity index is 559. The van der Waals surface area contributed by atoms with Gasteiger partial charge in [0, 0.05) is 19.5 Å². The van der Waals surface area contributed by atoms with Crippen molar-refractivity contribution in [3.63, 3.8) is 0 Å². The van der Waals surface area contributed by atoms with Crippen molar-refractivity contribution in [2.75, 3.05) is 0 Å². The van der Waals surface area contributed by atoms with E-state index in [0.29, 0.717) is 12.8 Å². The van der Waals surface area contributed by atoms with E-state index in [1.807, 2.05) is 42.8 Å². The number of fused-ring (bicyclic) bond motifs is 1. The van der Waals surface area contributed by atoms with Crippen LogP contribution in [0.3, 0.4) is 0 Å². The number of Topliss-reactive ketones (excluding diaryl/α,β-unsaturated/α-hetero) is 1. The van der Waals surface area contributed by atoms with Gasteiger partial charge in [0.1, 0.15) is 11.6 Å². The molecule has 0 bridgehead atoms. The number of rotatable bonds is 5. The number of benzene rings is 1. The van der Waals surface area contributed by atoms with E-state index in [0.717, 1.165) is 23.3 Å². The summed E-state index contributed by atoms with van der Waals surface area (Å²) < 4.78 is 1.98. The Kier molecular flexibility index (Phi) is 3.77. The molecule has 4 nitrogen and oxygen atoms in total. The van der Waals surface area contributed by atoms with Crippen molar-refractivity contribution in [1.29, 1.82) is 0 Å². The maximum absolute atomic E-state index is 11.9. The van der Waals surface area contributed by atoms with Gasteiger partial charge in [-0.25, -0.2) is 4.98 Å². The fraction of sp³-hybridized carbons (Fsp3) is 0.429. The van der Waals surface area contributed by atoms with Crippen molar-refractivity contribution in [3.8, 4) is 0 Å². The zero-order valence-corrected chi connectivity index (χ0v) is 10.9. The summed E-state index contributed by atoms with van der Waals surface area (Å²) in [5.74, 6) is 0.965. The van der Waals surface area contributed by atoms with Gasteiger partial charge in [-0.2, -0.15) is 0 Å². The molecule has 1 aromatic carbocycles. The number of imidazole rings is 1. The van der Waals surface area contributed by atoms with Gasteiger partial charge >= 0.3 is 0 Å². The molecule has 18 heavy (non-hydrogen) atoms. The van der Waals surface area contributed by atoms with E-state index in [1.165, 1.54) is 0 Å². The number of para-hydroxylation sites is 2. The highest BCUT2D eigenvalue weighted by molar-refractivity contribution is 5.82. The maximum atomic E-state index is 11.9. The zero-order chi connectivity index (χ0) is 13.1. The van der Waals surface area contributed by atoms with Gasteiger partial charge in [-0.1, -0.05) is 19.1 Å². The van der Waals surface area contributed by atoms with E-state index in [-0.39, 0.29) is 11.8 Å². The number of carbonyl (C=O) groups excluding carboxylic acids is 1. The lowest BCUT2D eigenvalue weighted by atomic mass is 10.1. The summed E-state index contributed by atoms with van der Waals surface area (Å²) in [5.41, 5.74) is 7.78. The zero-order valence-electron chi connectivity index (χ0n) is 10.9. The molecule has 0 saturated carbocycles. The van der Waals surface area contributed by atoms with E-state index in [4.69, 9.17) is 5.73 Å². The fourth-order valence-electron chi connectivity index (χ4n) is 2.04. The van der Waals surface area contributed by atoms with Crippen LogP contribution < -0.4 is 5.73 Å². The minimum atomic E-state index is -0.0350. The topological polar surface area (TPSA) is 60.9 Å². The smallest absolute Gasteiger partial charge is 0.141 e. The Labute approximate surface area is 107 Å². The van der Waals surface area contributed by atoms with Crippen LogP contribution in [0.25, 0.3) is 11.0 Å². The summed E-state index contributed by atoms with van der Waals surface area (Å²) in [6.07, 6.45) is 1.62. The molecule has 0 aliphatic carbocycles. The Morgan fingerprint density at radius 1 is 1.44 bits per heavy atom. The molecule has 2 rings (SSSR count). The second-order valence-corrected chi connectivity index (χ2v) is 4.66. The van der Waals surface area contributed by atoms with Gasteiger partial charge in [0.25, 0.3) is 0 Å². The summed E-state index contributed by atoms with van der Waals surface area (Å²) in [5, 5.41) is 0. The predicted molar refractivity (Wildman–Crippen MR) is 72.3 cm³/mol. The molecular formula is C14H19N3O. The summed E-state index contributed by atoms with van der Waals surface area (Å²) in [6.45, 7) is 1.99. The fourth-order valence-corrected chi connectivity index (χ4v) is 2.04. The lowest BCUT2D eigenvalue weighted by Crippen LogP contribution is -2.24. The van der Waals surface area contributed by atoms with Crippen LogP contribution in [0.5, 0.6) is 0 Å². The van der Waals surface area contributed by atoms with E-state index in [2.05, 4.69) is 4.98 Å². The Morgan fingerprint density at radius 2 is 2.17 bits per heavy atom. The van der Waals surface area contributed by atoms with Crippen LogP contribution >= 0.6 is 0 Å². The van der Waals surface area contributed by atoms with E-state index in [9.17, 15) is 4.79 Å². The highest BCUT2D eigenvalue weighted by Gasteiger charge is 2.13. The monoisotopic (exact) mass is 245 g/mol. The number of nitrogens with zero attached hydrogens (tertiary/aromatic N) is 2.